The van der Waals surface area contributed by atoms with Crippen molar-refractivity contribution in [1.82, 2.24) is 14.5 Å². The Bertz CT molecular complexity index is 987. The number of carbonyl (C=O) groups is 1. The number of alkyl halides is 1. The Labute approximate surface area is 183 Å². The van der Waals surface area contributed by atoms with Gasteiger partial charge in [0.1, 0.15) is 12.2 Å². The van der Waals surface area contributed by atoms with E-state index in [9.17, 15) is 17.6 Å². The van der Waals surface area contributed by atoms with Crippen molar-refractivity contribution in [2.24, 2.45) is 11.8 Å². The molecule has 1 aromatic carbocycles. The van der Waals surface area contributed by atoms with Crippen LogP contribution in [0.2, 0.25) is 0 Å². The number of likely N-dealkylation sites (tertiary alicyclic amines) is 1. The number of hydrogen-bond acceptors (Lipinski definition) is 5. The summed E-state index contributed by atoms with van der Waals surface area (Å²) in [4.78, 5) is 14.0. The number of piperidine rings is 1. The normalized spacial score (nSPS) is 30.8. The number of nitrogens with one attached hydrogen (secondary N) is 1. The number of nitrogens with zero attached hydrogens (tertiary/aromatic N) is 3. The van der Waals surface area contributed by atoms with E-state index in [1.165, 1.54) is 9.21 Å². The third-order valence-corrected chi connectivity index (χ3v) is 8.57. The van der Waals surface area contributed by atoms with Crippen molar-refractivity contribution in [2.75, 3.05) is 26.2 Å². The lowest BCUT2D eigenvalue weighted by Gasteiger charge is -2.23. The molecular weight excluding hydrogens is 419 g/mol. The second-order valence-corrected chi connectivity index (χ2v) is 11.8. The van der Waals surface area contributed by atoms with E-state index < -0.39 is 22.2 Å². The third kappa shape index (κ3) is 4.21. The van der Waals surface area contributed by atoms with Gasteiger partial charge >= 0.3 is 0 Å². The fraction of sp³-hybridized carbons (Fsp3) is 0.636. The minimum Gasteiger partial charge on any atom is -0.323 e. The van der Waals surface area contributed by atoms with Crippen LogP contribution in [0.25, 0.3) is 0 Å². The molecule has 3 fully saturated rings. The van der Waals surface area contributed by atoms with Gasteiger partial charge in [0, 0.05) is 25.6 Å². The Kier molecular flexibility index (Phi) is 5.61. The predicted octanol–water partition coefficient (Wildman–Crippen LogP) is 1.66. The zero-order chi connectivity index (χ0) is 22.6. The molecule has 2 heterocycles. The highest BCUT2D eigenvalue weighted by Crippen LogP contribution is 2.47. The van der Waals surface area contributed by atoms with Crippen LogP contribution in [0.3, 0.4) is 0 Å². The van der Waals surface area contributed by atoms with Crippen molar-refractivity contribution in [3.63, 3.8) is 0 Å². The number of halogens is 1. The zero-order valence-corrected chi connectivity index (χ0v) is 18.9. The molecule has 9 heteroatoms. The van der Waals surface area contributed by atoms with E-state index in [0.717, 1.165) is 5.56 Å². The molecule has 2 unspecified atom stereocenters. The van der Waals surface area contributed by atoms with E-state index in [4.69, 9.17) is 5.26 Å². The number of hydrogen-bond donors (Lipinski definition) is 1. The van der Waals surface area contributed by atoms with Crippen LogP contribution in [0.1, 0.15) is 32.8 Å². The molecule has 31 heavy (non-hydrogen) atoms. The van der Waals surface area contributed by atoms with Crippen molar-refractivity contribution in [3.8, 4) is 6.07 Å². The molecule has 7 nitrogen and oxygen atoms in total. The van der Waals surface area contributed by atoms with Gasteiger partial charge in [-0.15, -0.1) is 0 Å². The number of benzene rings is 1. The molecule has 2 saturated heterocycles. The lowest BCUT2D eigenvalue weighted by molar-refractivity contribution is -0.130. The van der Waals surface area contributed by atoms with Gasteiger partial charge in [0.2, 0.25) is 15.9 Å². The van der Waals surface area contributed by atoms with Crippen LogP contribution in [-0.4, -0.2) is 68.0 Å². The first-order chi connectivity index (χ1) is 14.5. The first kappa shape index (κ1) is 22.2. The van der Waals surface area contributed by atoms with Gasteiger partial charge in [-0.05, 0) is 34.9 Å². The molecule has 1 saturated carbocycles. The summed E-state index contributed by atoms with van der Waals surface area (Å²) in [5.74, 6) is 0.0754. The van der Waals surface area contributed by atoms with E-state index in [1.54, 1.807) is 12.1 Å². The Morgan fingerprint density at radius 2 is 1.81 bits per heavy atom. The average Bonchev–Trinajstić information content (AvgIpc) is 3.05. The maximum atomic E-state index is 13.5. The summed E-state index contributed by atoms with van der Waals surface area (Å²) in [7, 11) is -3.54. The lowest BCUT2D eigenvalue weighted by Crippen LogP contribution is -2.43. The SMILES string of the molecule is CC(C)(C)c1ccc(S(=O)(=O)N2CC3C(C2)C3NCC(=O)N2C[C@@H](F)C[C@H]2C#N)cc1. The number of amides is 1. The Balaban J connectivity index is 1.30. The number of nitriles is 1. The highest BCUT2D eigenvalue weighted by Gasteiger charge is 2.58. The van der Waals surface area contributed by atoms with Crippen molar-refractivity contribution in [1.29, 1.82) is 5.26 Å². The second kappa shape index (κ2) is 7.84. The van der Waals surface area contributed by atoms with Crippen molar-refractivity contribution in [2.45, 2.75) is 55.8 Å². The lowest BCUT2D eigenvalue weighted by atomic mass is 9.87. The molecule has 2 aliphatic heterocycles. The number of fused-ring (bicyclic) bond motifs is 1. The molecule has 1 aliphatic carbocycles. The minimum atomic E-state index is -3.54. The number of rotatable bonds is 5. The fourth-order valence-corrected chi connectivity index (χ4v) is 6.27. The molecule has 0 aromatic heterocycles. The van der Waals surface area contributed by atoms with Gasteiger partial charge in [-0.2, -0.15) is 9.57 Å². The van der Waals surface area contributed by atoms with Gasteiger partial charge in [-0.1, -0.05) is 32.9 Å². The van der Waals surface area contributed by atoms with Gasteiger partial charge in [-0.25, -0.2) is 12.8 Å². The summed E-state index contributed by atoms with van der Waals surface area (Å²) in [5, 5.41) is 12.3. The maximum absolute atomic E-state index is 13.5. The Morgan fingerprint density at radius 1 is 1.19 bits per heavy atom. The van der Waals surface area contributed by atoms with E-state index >= 15 is 0 Å². The molecule has 1 amide bonds. The van der Waals surface area contributed by atoms with E-state index in [0.29, 0.717) is 18.0 Å². The van der Waals surface area contributed by atoms with Gasteiger partial charge in [0.05, 0.1) is 24.1 Å². The van der Waals surface area contributed by atoms with Gasteiger partial charge in [-0.3, -0.25) is 4.79 Å². The van der Waals surface area contributed by atoms with Crippen LogP contribution < -0.4 is 5.32 Å². The summed E-state index contributed by atoms with van der Waals surface area (Å²) in [6.07, 6.45) is -1.08. The quantitative estimate of drug-likeness (QED) is 0.739. The molecule has 0 radical (unpaired) electrons. The first-order valence-corrected chi connectivity index (χ1v) is 12.1. The van der Waals surface area contributed by atoms with Crippen molar-refractivity contribution >= 4 is 15.9 Å². The summed E-state index contributed by atoms with van der Waals surface area (Å²) < 4.78 is 41.0. The van der Waals surface area contributed by atoms with Gasteiger partial charge in [0.15, 0.2) is 0 Å². The number of sulfonamides is 1. The fourth-order valence-electron chi connectivity index (χ4n) is 4.75. The molecule has 1 aromatic rings. The highest BCUT2D eigenvalue weighted by atomic mass is 32.2. The molecule has 1 N–H and O–H groups in total. The minimum absolute atomic E-state index is 0.0315. The van der Waals surface area contributed by atoms with Crippen molar-refractivity contribution < 1.29 is 17.6 Å². The van der Waals surface area contributed by atoms with Crippen LogP contribution in [-0.2, 0) is 20.2 Å². The first-order valence-electron chi connectivity index (χ1n) is 10.7. The third-order valence-electron chi connectivity index (χ3n) is 6.73. The Morgan fingerprint density at radius 3 is 2.35 bits per heavy atom. The average molecular weight is 449 g/mol. The Hall–Kier alpha value is -2.02. The summed E-state index contributed by atoms with van der Waals surface area (Å²) in [5.41, 5.74) is 1.04. The monoisotopic (exact) mass is 448 g/mol. The molecule has 168 valence electrons. The summed E-state index contributed by atoms with van der Waals surface area (Å²) in [6, 6.07) is 8.46. The van der Waals surface area contributed by atoms with Crippen LogP contribution in [0.15, 0.2) is 29.2 Å². The molecule has 0 spiro atoms. The molecule has 4 atom stereocenters. The van der Waals surface area contributed by atoms with E-state index in [-0.39, 0.29) is 48.7 Å². The zero-order valence-electron chi connectivity index (χ0n) is 18.1. The molecule has 0 bridgehead atoms. The molecule has 4 rings (SSSR count). The van der Waals surface area contributed by atoms with E-state index in [2.05, 4.69) is 26.1 Å². The maximum Gasteiger partial charge on any atom is 0.243 e. The molecular formula is C22H29FN4O3S. The van der Waals surface area contributed by atoms with Crippen LogP contribution in [0.4, 0.5) is 4.39 Å². The van der Waals surface area contributed by atoms with Gasteiger partial charge < -0.3 is 10.2 Å². The second-order valence-electron chi connectivity index (χ2n) is 9.85. The summed E-state index contributed by atoms with van der Waals surface area (Å²) >= 11 is 0. The predicted molar refractivity (Wildman–Crippen MR) is 113 cm³/mol. The molecule has 3 aliphatic rings. The number of carbonyl (C=O) groups excluding carboxylic acids is 1. The van der Waals surface area contributed by atoms with Gasteiger partial charge in [0.25, 0.3) is 0 Å². The summed E-state index contributed by atoms with van der Waals surface area (Å²) in [6.45, 7) is 7.13. The van der Waals surface area contributed by atoms with Crippen molar-refractivity contribution in [3.05, 3.63) is 29.8 Å². The van der Waals surface area contributed by atoms with Crippen LogP contribution >= 0.6 is 0 Å². The highest BCUT2D eigenvalue weighted by molar-refractivity contribution is 7.89. The smallest absolute Gasteiger partial charge is 0.243 e. The van der Waals surface area contributed by atoms with Crippen LogP contribution in [0.5, 0.6) is 0 Å². The largest absolute Gasteiger partial charge is 0.323 e. The standard InChI is InChI=1S/C22H29FN4O3S/c1-22(2,3)14-4-6-17(7-5-14)31(29,30)26-12-18-19(13-26)21(18)25-10-20(28)27-11-15(23)8-16(27)9-24/h4-7,15-16,18-19,21,25H,8,10-13H2,1-3H3/t15-,16-,18?,19?,21?/m0/s1. The van der Waals surface area contributed by atoms with Crippen LogP contribution in [0, 0.1) is 23.2 Å². The topological polar surface area (TPSA) is 93.5 Å². The van der Waals surface area contributed by atoms with E-state index in [1.807, 2.05) is 18.2 Å².